The van der Waals surface area contributed by atoms with Crippen molar-refractivity contribution in [3.05, 3.63) is 0 Å². The first-order chi connectivity index (χ1) is 5.84. The highest BCUT2D eigenvalue weighted by Crippen LogP contribution is 1.99. The topological polar surface area (TPSA) is 41.9 Å². The molecule has 0 saturated carbocycles. The van der Waals surface area contributed by atoms with Crippen LogP contribution < -0.4 is 0 Å². The molecule has 0 bridgehead atoms. The number of carbonyl (C=O) groups excluding carboxylic acids is 1. The molecule has 4 nitrogen and oxygen atoms in total. The molecular formula is C8H14N2O2. The first-order valence-corrected chi connectivity index (χ1v) is 4.12. The highest BCUT2D eigenvalue weighted by atomic mass is 16.5. The lowest BCUT2D eigenvalue weighted by Gasteiger charge is -2.26. The van der Waals surface area contributed by atoms with E-state index in [0.29, 0.717) is 26.2 Å². The summed E-state index contributed by atoms with van der Waals surface area (Å²) in [5.41, 5.74) is 0. The molecule has 1 fully saturated rings. The number of morpholine rings is 1. The van der Waals surface area contributed by atoms with Crippen LogP contribution in [0.25, 0.3) is 0 Å². The number of ether oxygens (including phenoxy) is 1. The minimum Gasteiger partial charge on any atom is -0.378 e. The number of rotatable bonds is 3. The van der Waals surface area contributed by atoms with E-state index in [1.165, 1.54) is 0 Å². The molecule has 1 saturated heterocycles. The maximum absolute atomic E-state index is 11.3. The van der Waals surface area contributed by atoms with E-state index < -0.39 is 0 Å². The molecule has 1 rings (SSSR count). The molecule has 0 aromatic rings. The van der Waals surface area contributed by atoms with Crippen LogP contribution in [0.4, 0.5) is 0 Å². The van der Waals surface area contributed by atoms with Crippen molar-refractivity contribution in [2.24, 2.45) is 4.99 Å². The molecule has 1 aliphatic heterocycles. The fourth-order valence-electron chi connectivity index (χ4n) is 1.15. The number of amides is 1. The highest BCUT2D eigenvalue weighted by Gasteiger charge is 2.15. The lowest BCUT2D eigenvalue weighted by atomic mass is 10.3. The molecule has 1 heterocycles. The fraction of sp³-hybridized carbons (Fsp3) is 0.750. The van der Waals surface area contributed by atoms with Crippen LogP contribution in [-0.2, 0) is 9.53 Å². The van der Waals surface area contributed by atoms with Gasteiger partial charge in [-0.1, -0.05) is 0 Å². The quantitative estimate of drug-likeness (QED) is 0.557. The zero-order valence-electron chi connectivity index (χ0n) is 7.16. The number of aliphatic imine (C=N–C) groups is 1. The number of nitrogens with zero attached hydrogens (tertiary/aromatic N) is 2. The standard InChI is InChI=1S/C8H14N2O2/c1-9-3-2-8(11)10-4-6-12-7-5-10/h1-7H2. The van der Waals surface area contributed by atoms with Crippen LogP contribution in [0.2, 0.25) is 0 Å². The van der Waals surface area contributed by atoms with E-state index in [9.17, 15) is 4.79 Å². The van der Waals surface area contributed by atoms with Gasteiger partial charge in [0.25, 0.3) is 0 Å². The maximum Gasteiger partial charge on any atom is 0.224 e. The SMILES string of the molecule is C=NCCC(=O)N1CCOCC1. The molecule has 1 amide bonds. The number of hydrogen-bond acceptors (Lipinski definition) is 3. The summed E-state index contributed by atoms with van der Waals surface area (Å²) in [5, 5.41) is 0. The van der Waals surface area contributed by atoms with Gasteiger partial charge in [-0.25, -0.2) is 0 Å². The van der Waals surface area contributed by atoms with Gasteiger partial charge in [-0.15, -0.1) is 0 Å². The molecule has 4 heteroatoms. The first-order valence-electron chi connectivity index (χ1n) is 4.12. The summed E-state index contributed by atoms with van der Waals surface area (Å²) < 4.78 is 5.12. The predicted octanol–water partition coefficient (Wildman–Crippen LogP) is -0.0641. The van der Waals surface area contributed by atoms with Crippen LogP contribution >= 0.6 is 0 Å². The van der Waals surface area contributed by atoms with Crippen molar-refractivity contribution in [3.63, 3.8) is 0 Å². The largest absolute Gasteiger partial charge is 0.378 e. The Balaban J connectivity index is 2.24. The van der Waals surface area contributed by atoms with E-state index in [1.54, 1.807) is 0 Å². The van der Waals surface area contributed by atoms with Gasteiger partial charge >= 0.3 is 0 Å². The Hall–Kier alpha value is -0.900. The molecule has 0 aliphatic carbocycles. The summed E-state index contributed by atoms with van der Waals surface area (Å²) >= 11 is 0. The maximum atomic E-state index is 11.3. The van der Waals surface area contributed by atoms with Crippen molar-refractivity contribution in [1.29, 1.82) is 0 Å². The second-order valence-corrected chi connectivity index (χ2v) is 2.69. The van der Waals surface area contributed by atoms with Gasteiger partial charge in [0.05, 0.1) is 13.2 Å². The monoisotopic (exact) mass is 170 g/mol. The second-order valence-electron chi connectivity index (χ2n) is 2.69. The van der Waals surface area contributed by atoms with Crippen molar-refractivity contribution >= 4 is 12.6 Å². The molecule has 1 aliphatic rings. The zero-order valence-corrected chi connectivity index (χ0v) is 7.16. The van der Waals surface area contributed by atoms with Crippen molar-refractivity contribution in [3.8, 4) is 0 Å². The van der Waals surface area contributed by atoms with Crippen LogP contribution in [0.5, 0.6) is 0 Å². The molecule has 68 valence electrons. The molecule has 0 atom stereocenters. The molecule has 0 spiro atoms. The first kappa shape index (κ1) is 9.19. The average molecular weight is 170 g/mol. The Morgan fingerprint density at radius 3 is 2.75 bits per heavy atom. The summed E-state index contributed by atoms with van der Waals surface area (Å²) in [6.45, 7) is 6.61. The van der Waals surface area contributed by atoms with E-state index in [4.69, 9.17) is 4.74 Å². The molecular weight excluding hydrogens is 156 g/mol. The van der Waals surface area contributed by atoms with E-state index in [-0.39, 0.29) is 5.91 Å². The summed E-state index contributed by atoms with van der Waals surface area (Å²) in [4.78, 5) is 16.8. The zero-order chi connectivity index (χ0) is 8.81. The third-order valence-corrected chi connectivity index (χ3v) is 1.85. The molecule has 0 N–H and O–H groups in total. The smallest absolute Gasteiger partial charge is 0.224 e. The van der Waals surface area contributed by atoms with Gasteiger partial charge in [0.2, 0.25) is 5.91 Å². The van der Waals surface area contributed by atoms with Gasteiger partial charge in [-0.05, 0) is 6.72 Å². The summed E-state index contributed by atoms with van der Waals surface area (Å²) in [6, 6.07) is 0. The van der Waals surface area contributed by atoms with Crippen molar-refractivity contribution in [2.75, 3.05) is 32.8 Å². The van der Waals surface area contributed by atoms with Crippen LogP contribution in [0.3, 0.4) is 0 Å². The summed E-state index contributed by atoms with van der Waals surface area (Å²) in [7, 11) is 0. The van der Waals surface area contributed by atoms with E-state index in [0.717, 1.165) is 13.1 Å². The van der Waals surface area contributed by atoms with Gasteiger partial charge in [0.1, 0.15) is 0 Å². The number of carbonyl (C=O) groups is 1. The van der Waals surface area contributed by atoms with Gasteiger partial charge in [0, 0.05) is 26.1 Å². The van der Waals surface area contributed by atoms with E-state index >= 15 is 0 Å². The Bertz CT molecular complexity index is 164. The minimum atomic E-state index is 0.158. The van der Waals surface area contributed by atoms with Crippen LogP contribution in [0.15, 0.2) is 4.99 Å². The molecule has 0 radical (unpaired) electrons. The number of hydrogen-bond donors (Lipinski definition) is 0. The van der Waals surface area contributed by atoms with Crippen LogP contribution in [-0.4, -0.2) is 50.4 Å². The van der Waals surface area contributed by atoms with Crippen molar-refractivity contribution < 1.29 is 9.53 Å². The van der Waals surface area contributed by atoms with Gasteiger partial charge < -0.3 is 14.6 Å². The average Bonchev–Trinajstić information content (AvgIpc) is 2.15. The second kappa shape index (κ2) is 4.87. The molecule has 12 heavy (non-hydrogen) atoms. The minimum absolute atomic E-state index is 0.158. The van der Waals surface area contributed by atoms with Crippen LogP contribution in [0.1, 0.15) is 6.42 Å². The lowest BCUT2D eigenvalue weighted by Crippen LogP contribution is -2.40. The Labute approximate surface area is 72.2 Å². The Kier molecular flexibility index (Phi) is 3.73. The highest BCUT2D eigenvalue weighted by molar-refractivity contribution is 5.76. The fourth-order valence-corrected chi connectivity index (χ4v) is 1.15. The van der Waals surface area contributed by atoms with E-state index in [1.807, 2.05) is 4.90 Å². The Morgan fingerprint density at radius 1 is 1.50 bits per heavy atom. The third-order valence-electron chi connectivity index (χ3n) is 1.85. The van der Waals surface area contributed by atoms with Crippen molar-refractivity contribution in [1.82, 2.24) is 4.90 Å². The molecule has 0 aromatic heterocycles. The molecule has 0 aromatic carbocycles. The summed E-state index contributed by atoms with van der Waals surface area (Å²) in [5.74, 6) is 0.158. The van der Waals surface area contributed by atoms with E-state index in [2.05, 4.69) is 11.7 Å². The van der Waals surface area contributed by atoms with Gasteiger partial charge in [-0.3, -0.25) is 4.79 Å². The van der Waals surface area contributed by atoms with Crippen molar-refractivity contribution in [2.45, 2.75) is 6.42 Å². The predicted molar refractivity (Wildman–Crippen MR) is 46.4 cm³/mol. The van der Waals surface area contributed by atoms with Gasteiger partial charge in [-0.2, -0.15) is 0 Å². The lowest BCUT2D eigenvalue weighted by molar-refractivity contribution is -0.135. The third kappa shape index (κ3) is 2.62. The molecule has 0 unspecified atom stereocenters. The summed E-state index contributed by atoms with van der Waals surface area (Å²) in [6.07, 6.45) is 0.476. The van der Waals surface area contributed by atoms with Gasteiger partial charge in [0.15, 0.2) is 0 Å². The van der Waals surface area contributed by atoms with Crippen LogP contribution in [0, 0.1) is 0 Å². The Morgan fingerprint density at radius 2 is 2.17 bits per heavy atom. The normalized spacial score (nSPS) is 17.5.